The monoisotopic (exact) mass is 652 g/mol. The van der Waals surface area contributed by atoms with E-state index in [9.17, 15) is 20.1 Å². The lowest BCUT2D eigenvalue weighted by Gasteiger charge is -2.26. The summed E-state index contributed by atoms with van der Waals surface area (Å²) in [6.45, 7) is 4.17. The summed E-state index contributed by atoms with van der Waals surface area (Å²) in [6.07, 6.45) is 41.7. The molecule has 0 aromatic carbocycles. The van der Waals surface area contributed by atoms with Crippen LogP contribution in [0.25, 0.3) is 0 Å². The van der Waals surface area contributed by atoms with Gasteiger partial charge in [-0.15, -0.1) is 0 Å². The summed E-state index contributed by atoms with van der Waals surface area (Å²) < 4.78 is 0. The second-order valence-corrected chi connectivity index (χ2v) is 14.2. The summed E-state index contributed by atoms with van der Waals surface area (Å²) in [6, 6.07) is -0.819. The van der Waals surface area contributed by atoms with Gasteiger partial charge in [-0.3, -0.25) is 4.79 Å². The van der Waals surface area contributed by atoms with Crippen LogP contribution in [0.4, 0.5) is 0 Å². The van der Waals surface area contributed by atoms with Crippen molar-refractivity contribution in [2.75, 3.05) is 6.61 Å². The van der Waals surface area contributed by atoms with Crippen LogP contribution in [0.1, 0.15) is 219 Å². The van der Waals surface area contributed by atoms with Crippen LogP contribution in [0.5, 0.6) is 0 Å². The highest BCUT2D eigenvalue weighted by atomic mass is 16.3. The number of rotatable bonds is 37. The third-order valence-electron chi connectivity index (χ3n) is 9.62. The summed E-state index contributed by atoms with van der Waals surface area (Å²) in [7, 11) is 0. The second-order valence-electron chi connectivity index (χ2n) is 14.2. The van der Waals surface area contributed by atoms with E-state index in [2.05, 4.69) is 31.3 Å². The number of hydrogen-bond acceptors (Lipinski definition) is 4. The van der Waals surface area contributed by atoms with Gasteiger partial charge in [0, 0.05) is 6.42 Å². The molecule has 3 unspecified atom stereocenters. The van der Waals surface area contributed by atoms with Gasteiger partial charge in [0.05, 0.1) is 18.8 Å². The SMILES string of the molecule is CCCCCCCCCCCCCCC/C=C/CCCC(O)C(O)C(CO)NC(=O)CCCCCCCCCCCCCCCC. The number of allylic oxidation sites excluding steroid dienone is 2. The largest absolute Gasteiger partial charge is 0.394 e. The normalized spacial score (nSPS) is 13.8. The number of aliphatic hydroxyl groups is 3. The van der Waals surface area contributed by atoms with Gasteiger partial charge in [-0.25, -0.2) is 0 Å². The molecular weight excluding hydrogens is 570 g/mol. The van der Waals surface area contributed by atoms with Gasteiger partial charge in [0.25, 0.3) is 0 Å². The van der Waals surface area contributed by atoms with Gasteiger partial charge in [0.2, 0.25) is 5.91 Å². The maximum Gasteiger partial charge on any atom is 0.220 e. The Balaban J connectivity index is 3.67. The number of carbonyl (C=O) groups excluding carboxylic acids is 1. The van der Waals surface area contributed by atoms with Gasteiger partial charge < -0.3 is 20.6 Å². The van der Waals surface area contributed by atoms with E-state index in [4.69, 9.17) is 0 Å². The molecule has 5 nitrogen and oxygen atoms in total. The molecule has 0 aliphatic rings. The van der Waals surface area contributed by atoms with E-state index in [-0.39, 0.29) is 12.5 Å². The van der Waals surface area contributed by atoms with Crippen LogP contribution in [0.2, 0.25) is 0 Å². The predicted octanol–water partition coefficient (Wildman–Crippen LogP) is 11.3. The van der Waals surface area contributed by atoms with Crippen molar-refractivity contribution in [2.45, 2.75) is 238 Å². The number of nitrogens with one attached hydrogen (secondary N) is 1. The molecule has 3 atom stereocenters. The van der Waals surface area contributed by atoms with E-state index in [0.29, 0.717) is 12.8 Å². The molecule has 46 heavy (non-hydrogen) atoms. The van der Waals surface area contributed by atoms with Crippen molar-refractivity contribution in [2.24, 2.45) is 0 Å². The molecule has 1 amide bonds. The Kier molecular flexibility index (Phi) is 36.2. The molecule has 0 aromatic heterocycles. The highest BCUT2D eigenvalue weighted by Crippen LogP contribution is 2.15. The molecule has 0 fully saturated rings. The highest BCUT2D eigenvalue weighted by molar-refractivity contribution is 5.76. The Morgan fingerprint density at radius 3 is 1.26 bits per heavy atom. The first-order valence-corrected chi connectivity index (χ1v) is 20.5. The zero-order valence-corrected chi connectivity index (χ0v) is 31.0. The Labute approximate surface area is 287 Å². The van der Waals surface area contributed by atoms with Gasteiger partial charge in [0.1, 0.15) is 6.10 Å². The maximum absolute atomic E-state index is 12.4. The summed E-state index contributed by atoms with van der Waals surface area (Å²) in [4.78, 5) is 12.4. The van der Waals surface area contributed by atoms with E-state index in [1.807, 2.05) is 0 Å². The van der Waals surface area contributed by atoms with Crippen molar-refractivity contribution < 1.29 is 20.1 Å². The van der Waals surface area contributed by atoms with Gasteiger partial charge >= 0.3 is 0 Å². The van der Waals surface area contributed by atoms with Crippen LogP contribution in [0.15, 0.2) is 12.2 Å². The van der Waals surface area contributed by atoms with E-state index >= 15 is 0 Å². The minimum atomic E-state index is -1.15. The van der Waals surface area contributed by atoms with E-state index in [1.165, 1.54) is 154 Å². The number of amides is 1. The summed E-state index contributed by atoms with van der Waals surface area (Å²) >= 11 is 0. The molecule has 0 heterocycles. The fraction of sp³-hybridized carbons (Fsp3) is 0.927. The van der Waals surface area contributed by atoms with Crippen LogP contribution >= 0.6 is 0 Å². The lowest BCUT2D eigenvalue weighted by Crippen LogP contribution is -2.50. The zero-order valence-electron chi connectivity index (χ0n) is 31.0. The zero-order chi connectivity index (χ0) is 33.8. The minimum absolute atomic E-state index is 0.152. The number of aliphatic hydroxyl groups excluding tert-OH is 3. The van der Waals surface area contributed by atoms with E-state index < -0.39 is 18.2 Å². The average molecular weight is 652 g/mol. The van der Waals surface area contributed by atoms with Crippen LogP contribution in [0.3, 0.4) is 0 Å². The first kappa shape index (κ1) is 45.1. The molecule has 0 saturated carbocycles. The van der Waals surface area contributed by atoms with Crippen LogP contribution in [0, 0.1) is 0 Å². The summed E-state index contributed by atoms with van der Waals surface area (Å²) in [5.74, 6) is -0.152. The molecule has 4 N–H and O–H groups in total. The molecule has 274 valence electrons. The quantitative estimate of drug-likeness (QED) is 0.0397. The molecule has 0 aromatic rings. The Morgan fingerprint density at radius 1 is 0.522 bits per heavy atom. The maximum atomic E-state index is 12.4. The van der Waals surface area contributed by atoms with Gasteiger partial charge in [-0.2, -0.15) is 0 Å². The lowest BCUT2D eigenvalue weighted by molar-refractivity contribution is -0.124. The smallest absolute Gasteiger partial charge is 0.220 e. The van der Waals surface area contributed by atoms with E-state index in [1.54, 1.807) is 0 Å². The third kappa shape index (κ3) is 31.7. The fourth-order valence-electron chi connectivity index (χ4n) is 6.40. The van der Waals surface area contributed by atoms with Crippen LogP contribution < -0.4 is 5.32 Å². The van der Waals surface area contributed by atoms with Gasteiger partial charge in [0.15, 0.2) is 0 Å². The Bertz CT molecular complexity index is 640. The van der Waals surface area contributed by atoms with Crippen LogP contribution in [-0.4, -0.2) is 46.1 Å². The van der Waals surface area contributed by atoms with Crippen molar-refractivity contribution in [1.29, 1.82) is 0 Å². The molecule has 0 radical (unpaired) electrons. The molecule has 5 heteroatoms. The molecular formula is C41H81NO4. The third-order valence-corrected chi connectivity index (χ3v) is 9.62. The average Bonchev–Trinajstić information content (AvgIpc) is 3.06. The predicted molar refractivity (Wildman–Crippen MR) is 199 cm³/mol. The second kappa shape index (κ2) is 36.9. The van der Waals surface area contributed by atoms with Crippen molar-refractivity contribution in [3.05, 3.63) is 12.2 Å². The number of carbonyl (C=O) groups is 1. The van der Waals surface area contributed by atoms with E-state index in [0.717, 1.165) is 38.5 Å². The summed E-state index contributed by atoms with van der Waals surface area (Å²) in [5.41, 5.74) is 0. The standard InChI is InChI=1S/C41H81NO4/c1-3-5-7-9-11-13-15-17-19-20-21-22-23-25-27-29-31-33-35-39(44)41(46)38(37-43)42-40(45)36-34-32-30-28-26-24-18-16-14-12-10-8-6-4-2/h27,29,38-39,41,43-44,46H,3-26,28,30-37H2,1-2H3,(H,42,45)/b29-27+. The molecule has 0 saturated heterocycles. The Morgan fingerprint density at radius 2 is 0.870 bits per heavy atom. The lowest BCUT2D eigenvalue weighted by atomic mass is 10.0. The van der Waals surface area contributed by atoms with Crippen molar-refractivity contribution in [3.8, 4) is 0 Å². The van der Waals surface area contributed by atoms with Crippen molar-refractivity contribution in [1.82, 2.24) is 5.32 Å². The van der Waals surface area contributed by atoms with Crippen LogP contribution in [-0.2, 0) is 4.79 Å². The highest BCUT2D eigenvalue weighted by Gasteiger charge is 2.26. The fourth-order valence-corrected chi connectivity index (χ4v) is 6.40. The minimum Gasteiger partial charge on any atom is -0.394 e. The number of unbranched alkanes of at least 4 members (excludes halogenated alkanes) is 27. The molecule has 0 rings (SSSR count). The molecule has 0 bridgehead atoms. The molecule has 0 spiro atoms. The first-order chi connectivity index (χ1) is 22.6. The van der Waals surface area contributed by atoms with Crippen molar-refractivity contribution >= 4 is 5.91 Å². The van der Waals surface area contributed by atoms with Crippen molar-refractivity contribution in [3.63, 3.8) is 0 Å². The molecule has 0 aliphatic heterocycles. The topological polar surface area (TPSA) is 89.8 Å². The number of hydrogen-bond donors (Lipinski definition) is 4. The Hall–Kier alpha value is -0.910. The summed E-state index contributed by atoms with van der Waals surface area (Å²) in [5, 5.41) is 33.4. The first-order valence-electron chi connectivity index (χ1n) is 20.5. The molecule has 0 aliphatic carbocycles. The van der Waals surface area contributed by atoms with Gasteiger partial charge in [-0.1, -0.05) is 187 Å². The van der Waals surface area contributed by atoms with Gasteiger partial charge in [-0.05, 0) is 38.5 Å².